The van der Waals surface area contributed by atoms with Crippen LogP contribution in [-0.2, 0) is 9.53 Å². The lowest BCUT2D eigenvalue weighted by Gasteiger charge is -2.50. The fourth-order valence-corrected chi connectivity index (χ4v) is 4.75. The van der Waals surface area contributed by atoms with Gasteiger partial charge in [-0.1, -0.05) is 11.6 Å². The molecule has 1 saturated carbocycles. The summed E-state index contributed by atoms with van der Waals surface area (Å²) in [6.45, 7) is 4.71. The summed E-state index contributed by atoms with van der Waals surface area (Å²) in [5.41, 5.74) is 0.801. The number of carbonyl (C=O) groups excluding carboxylic acids is 1. The van der Waals surface area contributed by atoms with Crippen LogP contribution in [0.15, 0.2) is 24.4 Å². The van der Waals surface area contributed by atoms with Gasteiger partial charge in [0.1, 0.15) is 12.0 Å². The Bertz CT molecular complexity index is 960. The smallest absolute Gasteiger partial charge is 0.228 e. The van der Waals surface area contributed by atoms with Crippen LogP contribution < -0.4 is 5.32 Å². The summed E-state index contributed by atoms with van der Waals surface area (Å²) >= 11 is 6.54. The zero-order chi connectivity index (χ0) is 20.2. The molecule has 154 valence electrons. The maximum Gasteiger partial charge on any atom is 0.228 e. The highest BCUT2D eigenvalue weighted by atomic mass is 35.5. The van der Waals surface area contributed by atoms with Crippen LogP contribution in [0.3, 0.4) is 0 Å². The fourth-order valence-electron chi connectivity index (χ4n) is 4.44. The van der Waals surface area contributed by atoms with Gasteiger partial charge in [0.15, 0.2) is 0 Å². The third-order valence-electron chi connectivity index (χ3n) is 6.57. The molecule has 2 aliphatic heterocycles. The lowest BCUT2D eigenvalue weighted by Crippen LogP contribution is -2.63. The Labute approximate surface area is 174 Å². The first-order valence-electron chi connectivity index (χ1n) is 10.3. The molecule has 3 aliphatic rings. The Balaban J connectivity index is 1.38. The van der Waals surface area contributed by atoms with E-state index in [0.29, 0.717) is 30.6 Å². The molecule has 2 atom stereocenters. The van der Waals surface area contributed by atoms with Gasteiger partial charge in [-0.15, -0.1) is 0 Å². The molecule has 1 aromatic carbocycles. The number of halogens is 2. The predicted molar refractivity (Wildman–Crippen MR) is 111 cm³/mol. The first-order valence-corrected chi connectivity index (χ1v) is 10.7. The molecule has 3 heterocycles. The fraction of sp³-hybridized carbons (Fsp3) is 0.545. The molecule has 2 saturated heterocycles. The largest absolute Gasteiger partial charge is 0.377 e. The lowest BCUT2D eigenvalue weighted by molar-refractivity contribution is -0.143. The number of hydrogen-bond acceptors (Lipinski definition) is 4. The Hall–Kier alpha value is -1.76. The normalized spacial score (nSPS) is 26.9. The van der Waals surface area contributed by atoms with Gasteiger partial charge >= 0.3 is 0 Å². The van der Waals surface area contributed by atoms with Crippen LogP contribution in [0.1, 0.15) is 37.7 Å². The van der Waals surface area contributed by atoms with E-state index in [4.69, 9.17) is 16.3 Å². The molecule has 0 bridgehead atoms. The number of ether oxygens (including phenoxy) is 1. The summed E-state index contributed by atoms with van der Waals surface area (Å²) in [5.74, 6) is 0.446. The van der Waals surface area contributed by atoms with Crippen molar-refractivity contribution in [3.05, 3.63) is 35.0 Å². The van der Waals surface area contributed by atoms with E-state index in [0.717, 1.165) is 42.1 Å². The summed E-state index contributed by atoms with van der Waals surface area (Å²) in [6, 6.07) is 5.67. The number of likely N-dealkylation sites (tertiary alicyclic amines) is 1. The molecular weight excluding hydrogens is 393 g/mol. The summed E-state index contributed by atoms with van der Waals surface area (Å²) in [6.07, 6.45) is 3.34. The Kier molecular flexibility index (Phi) is 4.76. The number of amides is 1. The molecular formula is C22H25ClFN3O2. The van der Waals surface area contributed by atoms with Gasteiger partial charge in [0, 0.05) is 35.0 Å². The van der Waals surface area contributed by atoms with E-state index in [2.05, 4.69) is 22.1 Å². The van der Waals surface area contributed by atoms with Gasteiger partial charge in [0.2, 0.25) is 5.91 Å². The highest BCUT2D eigenvalue weighted by molar-refractivity contribution is 6.32. The third kappa shape index (κ3) is 3.62. The van der Waals surface area contributed by atoms with Gasteiger partial charge in [0.25, 0.3) is 0 Å². The number of alkyl halides is 1. The Morgan fingerprint density at radius 1 is 1.28 bits per heavy atom. The van der Waals surface area contributed by atoms with Crippen LogP contribution in [-0.4, -0.2) is 53.8 Å². The number of anilines is 1. The highest BCUT2D eigenvalue weighted by Crippen LogP contribution is 2.40. The quantitative estimate of drug-likeness (QED) is 0.811. The van der Waals surface area contributed by atoms with Gasteiger partial charge in [-0.25, -0.2) is 9.37 Å². The van der Waals surface area contributed by atoms with Crippen LogP contribution in [0.2, 0.25) is 5.02 Å². The number of nitrogens with zero attached hydrogens (tertiary/aromatic N) is 2. The third-order valence-corrected chi connectivity index (χ3v) is 6.89. The van der Waals surface area contributed by atoms with Crippen molar-refractivity contribution in [3.8, 4) is 0 Å². The van der Waals surface area contributed by atoms with Gasteiger partial charge in [0.05, 0.1) is 18.8 Å². The van der Waals surface area contributed by atoms with Crippen molar-refractivity contribution in [3.63, 3.8) is 0 Å². The van der Waals surface area contributed by atoms with Crippen LogP contribution in [0.4, 0.5) is 10.2 Å². The van der Waals surface area contributed by atoms with E-state index in [1.54, 1.807) is 6.20 Å². The molecule has 5 rings (SSSR count). The molecule has 3 fully saturated rings. The number of benzene rings is 1. The van der Waals surface area contributed by atoms with Gasteiger partial charge < -0.3 is 10.1 Å². The average molecular weight is 418 g/mol. The maximum absolute atomic E-state index is 15.2. The molecule has 5 nitrogen and oxygen atoms in total. The number of fused-ring (bicyclic) bond motifs is 1. The van der Waals surface area contributed by atoms with E-state index in [1.165, 1.54) is 0 Å². The molecule has 2 aromatic rings. The second-order valence-corrected chi connectivity index (χ2v) is 9.31. The Morgan fingerprint density at radius 3 is 2.72 bits per heavy atom. The number of aromatic nitrogens is 1. The SMILES string of the molecule is CC1(N2CC[C@H](c3cc4cc(NC(=O)C5CC5)ncc4cc3Cl)[C@H](F)C2)COC1. The topological polar surface area (TPSA) is 54.5 Å². The average Bonchev–Trinajstić information content (AvgIpc) is 3.51. The molecule has 7 heteroatoms. The minimum absolute atomic E-state index is 0.0238. The van der Waals surface area contributed by atoms with Crippen molar-refractivity contribution in [2.75, 3.05) is 31.6 Å². The number of carbonyl (C=O) groups is 1. The van der Waals surface area contributed by atoms with E-state index in [9.17, 15) is 4.79 Å². The van der Waals surface area contributed by atoms with Crippen molar-refractivity contribution in [2.24, 2.45) is 5.92 Å². The van der Waals surface area contributed by atoms with Crippen molar-refractivity contribution in [2.45, 2.75) is 43.8 Å². The zero-order valence-corrected chi connectivity index (χ0v) is 17.2. The van der Waals surface area contributed by atoms with Crippen LogP contribution in [0.25, 0.3) is 10.8 Å². The highest BCUT2D eigenvalue weighted by Gasteiger charge is 2.44. The van der Waals surface area contributed by atoms with Crippen LogP contribution >= 0.6 is 11.6 Å². The standard InChI is InChI=1S/C22H25ClFN3O2/c1-22(11-29-12-22)27-5-4-16(19(24)10-27)17-6-14-8-20(26-21(28)13-2-3-13)25-9-15(14)7-18(17)23/h6-9,13,16,19H,2-5,10-12H2,1H3,(H,25,26,28)/t16-,19-/m1/s1. The van der Waals surface area contributed by atoms with E-state index in [1.807, 2.05) is 18.2 Å². The first-order chi connectivity index (χ1) is 13.9. The summed E-state index contributed by atoms with van der Waals surface area (Å²) in [5, 5.41) is 5.26. The van der Waals surface area contributed by atoms with Crippen molar-refractivity contribution >= 4 is 34.1 Å². The van der Waals surface area contributed by atoms with Crippen molar-refractivity contribution < 1.29 is 13.9 Å². The summed E-state index contributed by atoms with van der Waals surface area (Å²) in [4.78, 5) is 18.6. The predicted octanol–water partition coefficient (Wildman–Crippen LogP) is 4.15. The maximum atomic E-state index is 15.2. The lowest BCUT2D eigenvalue weighted by atomic mass is 9.84. The second-order valence-electron chi connectivity index (χ2n) is 8.90. The Morgan fingerprint density at radius 2 is 2.07 bits per heavy atom. The number of hydrogen-bond donors (Lipinski definition) is 1. The van der Waals surface area contributed by atoms with Gasteiger partial charge in [-0.2, -0.15) is 0 Å². The molecule has 1 aromatic heterocycles. The van der Waals surface area contributed by atoms with Crippen molar-refractivity contribution in [1.82, 2.24) is 9.88 Å². The molecule has 0 radical (unpaired) electrons. The van der Waals surface area contributed by atoms with Crippen molar-refractivity contribution in [1.29, 1.82) is 0 Å². The zero-order valence-electron chi connectivity index (χ0n) is 16.5. The van der Waals surface area contributed by atoms with E-state index >= 15 is 4.39 Å². The minimum Gasteiger partial charge on any atom is -0.377 e. The van der Waals surface area contributed by atoms with Gasteiger partial charge in [-0.3, -0.25) is 9.69 Å². The van der Waals surface area contributed by atoms with Crippen LogP contribution in [0, 0.1) is 5.92 Å². The molecule has 29 heavy (non-hydrogen) atoms. The number of piperidine rings is 1. The number of nitrogens with one attached hydrogen (secondary N) is 1. The number of rotatable bonds is 4. The number of pyridine rings is 1. The molecule has 1 amide bonds. The summed E-state index contributed by atoms with van der Waals surface area (Å²) in [7, 11) is 0. The molecule has 0 unspecified atom stereocenters. The summed E-state index contributed by atoms with van der Waals surface area (Å²) < 4.78 is 20.5. The van der Waals surface area contributed by atoms with E-state index < -0.39 is 6.17 Å². The monoisotopic (exact) mass is 417 g/mol. The minimum atomic E-state index is -0.980. The van der Waals surface area contributed by atoms with Gasteiger partial charge in [-0.05, 0) is 61.9 Å². The van der Waals surface area contributed by atoms with Crippen LogP contribution in [0.5, 0.6) is 0 Å². The molecule has 1 N–H and O–H groups in total. The first kappa shape index (κ1) is 19.2. The molecule has 1 aliphatic carbocycles. The second kappa shape index (κ2) is 7.18. The molecule has 0 spiro atoms. The van der Waals surface area contributed by atoms with E-state index in [-0.39, 0.29) is 23.3 Å².